The number of hydrogen-bond donors (Lipinski definition) is 2. The first-order valence-corrected chi connectivity index (χ1v) is 5.56. The Hall–Kier alpha value is -1.09. The maximum Gasteiger partial charge on any atom is 0.133 e. The van der Waals surface area contributed by atoms with Gasteiger partial charge in [0.2, 0.25) is 0 Å². The number of aliphatic hydroxyl groups is 1. The second-order valence-corrected chi connectivity index (χ2v) is 5.71. The third-order valence-corrected chi connectivity index (χ3v) is 3.13. The molecule has 1 aliphatic rings. The summed E-state index contributed by atoms with van der Waals surface area (Å²) in [4.78, 5) is 0. The molecule has 0 saturated heterocycles. The van der Waals surface area contributed by atoms with Crippen molar-refractivity contribution in [2.24, 2.45) is 0 Å². The Bertz CT molecular complexity index is 404. The molecule has 0 aromatic heterocycles. The van der Waals surface area contributed by atoms with Crippen LogP contribution >= 0.6 is 0 Å². The summed E-state index contributed by atoms with van der Waals surface area (Å²) in [6.45, 7) is 5.81. The van der Waals surface area contributed by atoms with Crippen molar-refractivity contribution in [2.45, 2.75) is 44.6 Å². The van der Waals surface area contributed by atoms with E-state index in [1.807, 2.05) is 20.8 Å². The first-order chi connectivity index (χ1) is 7.24. The smallest absolute Gasteiger partial charge is 0.133 e. The van der Waals surface area contributed by atoms with E-state index >= 15 is 0 Å². The molecule has 0 spiro atoms. The minimum Gasteiger partial charge on any atom is -0.399 e. The van der Waals surface area contributed by atoms with E-state index in [1.165, 1.54) is 0 Å². The summed E-state index contributed by atoms with van der Waals surface area (Å²) in [5.41, 5.74) is 5.94. The van der Waals surface area contributed by atoms with Gasteiger partial charge in [0.25, 0.3) is 0 Å². The zero-order chi connectivity index (χ0) is 12.1. The third-order valence-electron chi connectivity index (χ3n) is 3.13. The summed E-state index contributed by atoms with van der Waals surface area (Å²) in [5, 5.41) is 10.00. The van der Waals surface area contributed by atoms with E-state index in [1.54, 1.807) is 12.1 Å². The molecule has 0 amide bonds. The quantitative estimate of drug-likeness (QED) is 0.719. The molecule has 3 N–H and O–H groups in total. The van der Waals surface area contributed by atoms with Crippen LogP contribution in [-0.2, 0) is 11.0 Å². The van der Waals surface area contributed by atoms with Crippen LogP contribution in [-0.4, -0.2) is 5.11 Å². The van der Waals surface area contributed by atoms with E-state index in [0.717, 1.165) is 0 Å². The lowest BCUT2D eigenvalue weighted by Gasteiger charge is -2.23. The molecule has 2 rings (SSSR count). The van der Waals surface area contributed by atoms with Gasteiger partial charge in [0, 0.05) is 11.3 Å². The molecule has 1 aromatic rings. The van der Waals surface area contributed by atoms with Gasteiger partial charge in [-0.25, -0.2) is 4.39 Å². The molecule has 0 atom stereocenters. The Balaban J connectivity index is 2.60. The molecule has 1 fully saturated rings. The van der Waals surface area contributed by atoms with Gasteiger partial charge in [-0.2, -0.15) is 0 Å². The van der Waals surface area contributed by atoms with Gasteiger partial charge in [-0.05, 0) is 36.0 Å². The van der Waals surface area contributed by atoms with E-state index < -0.39 is 5.60 Å². The Morgan fingerprint density at radius 2 is 1.88 bits per heavy atom. The van der Waals surface area contributed by atoms with Crippen LogP contribution in [0.2, 0.25) is 0 Å². The number of hydrogen-bond acceptors (Lipinski definition) is 2. The lowest BCUT2D eigenvalue weighted by atomic mass is 9.84. The molecule has 1 aliphatic carbocycles. The summed E-state index contributed by atoms with van der Waals surface area (Å²) in [7, 11) is 0. The fraction of sp³-hybridized carbons (Fsp3) is 0.538. The van der Waals surface area contributed by atoms with Gasteiger partial charge in [0.1, 0.15) is 5.82 Å². The van der Waals surface area contributed by atoms with Crippen LogP contribution in [0.4, 0.5) is 10.1 Å². The molecule has 0 aliphatic heterocycles. The van der Waals surface area contributed by atoms with Gasteiger partial charge in [-0.15, -0.1) is 0 Å². The fourth-order valence-corrected chi connectivity index (χ4v) is 1.92. The number of rotatable bonds is 1. The average Bonchev–Trinajstić information content (AvgIpc) is 2.86. The summed E-state index contributed by atoms with van der Waals surface area (Å²) in [6.07, 6.45) is 1.24. The lowest BCUT2D eigenvalue weighted by molar-refractivity contribution is 0.146. The molecule has 0 bridgehead atoms. The van der Waals surface area contributed by atoms with Crippen molar-refractivity contribution in [1.29, 1.82) is 0 Å². The van der Waals surface area contributed by atoms with E-state index in [-0.39, 0.29) is 11.2 Å². The van der Waals surface area contributed by atoms with E-state index in [0.29, 0.717) is 29.7 Å². The lowest BCUT2D eigenvalue weighted by Crippen LogP contribution is -2.18. The first-order valence-electron chi connectivity index (χ1n) is 5.56. The van der Waals surface area contributed by atoms with Crippen LogP contribution in [0.15, 0.2) is 12.1 Å². The van der Waals surface area contributed by atoms with Crippen LogP contribution < -0.4 is 5.73 Å². The molecular weight excluding hydrogens is 205 g/mol. The Morgan fingerprint density at radius 1 is 1.31 bits per heavy atom. The molecule has 1 saturated carbocycles. The minimum absolute atomic E-state index is 0.304. The zero-order valence-electron chi connectivity index (χ0n) is 9.97. The molecule has 0 unspecified atom stereocenters. The minimum atomic E-state index is -0.973. The predicted octanol–water partition coefficient (Wildman–Crippen LogP) is 2.69. The van der Waals surface area contributed by atoms with Gasteiger partial charge < -0.3 is 10.8 Å². The van der Waals surface area contributed by atoms with E-state index in [2.05, 4.69) is 0 Å². The molecule has 0 heterocycles. The molecular formula is C13H18FNO. The Kier molecular flexibility index (Phi) is 2.28. The topological polar surface area (TPSA) is 46.2 Å². The van der Waals surface area contributed by atoms with Gasteiger partial charge in [-0.1, -0.05) is 20.8 Å². The summed E-state index contributed by atoms with van der Waals surface area (Å²) >= 11 is 0. The standard InChI is InChI=1S/C13H18FNO/c1-12(2,3)9-6-8(15)7-10(11(9)14)13(16)4-5-13/h6-7,16H,4-5,15H2,1-3H3. The average molecular weight is 223 g/mol. The highest BCUT2D eigenvalue weighted by Crippen LogP contribution is 2.48. The van der Waals surface area contributed by atoms with Crippen molar-refractivity contribution >= 4 is 5.69 Å². The fourth-order valence-electron chi connectivity index (χ4n) is 1.92. The van der Waals surface area contributed by atoms with Crippen molar-refractivity contribution in [3.63, 3.8) is 0 Å². The summed E-state index contributed by atoms with van der Waals surface area (Å²) in [5.74, 6) is -0.304. The third kappa shape index (κ3) is 1.80. The SMILES string of the molecule is CC(C)(C)c1cc(N)cc(C2(O)CC2)c1F. The second-order valence-electron chi connectivity index (χ2n) is 5.71. The normalized spacial score (nSPS) is 18.6. The molecule has 88 valence electrons. The van der Waals surface area contributed by atoms with Crippen LogP contribution in [0.3, 0.4) is 0 Å². The molecule has 2 nitrogen and oxygen atoms in total. The molecule has 0 radical (unpaired) electrons. The first kappa shape index (κ1) is 11.4. The van der Waals surface area contributed by atoms with Gasteiger partial charge >= 0.3 is 0 Å². The summed E-state index contributed by atoms with van der Waals surface area (Å²) < 4.78 is 14.3. The predicted molar refractivity (Wildman–Crippen MR) is 62.6 cm³/mol. The van der Waals surface area contributed by atoms with Crippen molar-refractivity contribution in [3.8, 4) is 0 Å². The highest BCUT2D eigenvalue weighted by molar-refractivity contribution is 5.50. The summed E-state index contributed by atoms with van der Waals surface area (Å²) in [6, 6.07) is 3.21. The van der Waals surface area contributed by atoms with Crippen LogP contribution in [0.1, 0.15) is 44.7 Å². The van der Waals surface area contributed by atoms with Gasteiger partial charge in [0.15, 0.2) is 0 Å². The van der Waals surface area contributed by atoms with Crippen LogP contribution in [0.5, 0.6) is 0 Å². The highest BCUT2D eigenvalue weighted by atomic mass is 19.1. The largest absolute Gasteiger partial charge is 0.399 e. The number of nitrogen functional groups attached to an aromatic ring is 1. The maximum absolute atomic E-state index is 14.3. The van der Waals surface area contributed by atoms with Crippen molar-refractivity contribution in [2.75, 3.05) is 5.73 Å². The van der Waals surface area contributed by atoms with Crippen LogP contribution in [0, 0.1) is 5.82 Å². The second kappa shape index (κ2) is 3.20. The van der Waals surface area contributed by atoms with Crippen molar-refractivity contribution < 1.29 is 9.50 Å². The maximum atomic E-state index is 14.3. The number of benzene rings is 1. The van der Waals surface area contributed by atoms with E-state index in [4.69, 9.17) is 5.73 Å². The van der Waals surface area contributed by atoms with Crippen molar-refractivity contribution in [3.05, 3.63) is 29.1 Å². The van der Waals surface area contributed by atoms with Crippen molar-refractivity contribution in [1.82, 2.24) is 0 Å². The molecule has 1 aromatic carbocycles. The van der Waals surface area contributed by atoms with E-state index in [9.17, 15) is 9.50 Å². The molecule has 3 heteroatoms. The number of anilines is 1. The number of nitrogens with two attached hydrogens (primary N) is 1. The number of halogens is 1. The Morgan fingerprint density at radius 3 is 2.31 bits per heavy atom. The molecule has 16 heavy (non-hydrogen) atoms. The van der Waals surface area contributed by atoms with Gasteiger partial charge in [-0.3, -0.25) is 0 Å². The highest BCUT2D eigenvalue weighted by Gasteiger charge is 2.45. The van der Waals surface area contributed by atoms with Crippen LogP contribution in [0.25, 0.3) is 0 Å². The monoisotopic (exact) mass is 223 g/mol. The zero-order valence-corrected chi connectivity index (χ0v) is 9.97. The Labute approximate surface area is 95.3 Å². The van der Waals surface area contributed by atoms with Gasteiger partial charge in [0.05, 0.1) is 5.60 Å².